The standard InChI is InChI=1S/C9H10F3N3O3/c1-5-2-3-6(15(17)18)8(14-5)13-4-7(16)9(10,11)12/h2-3,7,16H,4H2,1H3,(H,13,14). The number of anilines is 1. The van der Waals surface area contributed by atoms with Gasteiger partial charge >= 0.3 is 11.9 Å². The van der Waals surface area contributed by atoms with Gasteiger partial charge in [0, 0.05) is 11.8 Å². The Labute approximate surface area is 99.6 Å². The molecule has 1 aromatic heterocycles. The van der Waals surface area contributed by atoms with Crippen molar-refractivity contribution in [3.8, 4) is 0 Å². The molecule has 9 heteroatoms. The fraction of sp³-hybridized carbons (Fsp3) is 0.444. The zero-order chi connectivity index (χ0) is 13.9. The van der Waals surface area contributed by atoms with Crippen molar-refractivity contribution in [2.24, 2.45) is 0 Å². The van der Waals surface area contributed by atoms with Gasteiger partial charge in [0.1, 0.15) is 0 Å². The van der Waals surface area contributed by atoms with Crippen LogP contribution in [0.1, 0.15) is 5.69 Å². The highest BCUT2D eigenvalue weighted by Gasteiger charge is 2.38. The maximum Gasteiger partial charge on any atom is 0.416 e. The molecule has 0 spiro atoms. The summed E-state index contributed by atoms with van der Waals surface area (Å²) in [7, 11) is 0. The molecule has 0 bridgehead atoms. The predicted molar refractivity (Wildman–Crippen MR) is 56.2 cm³/mol. The van der Waals surface area contributed by atoms with Crippen molar-refractivity contribution >= 4 is 11.5 Å². The molecule has 1 heterocycles. The van der Waals surface area contributed by atoms with Gasteiger partial charge < -0.3 is 10.4 Å². The van der Waals surface area contributed by atoms with Crippen LogP contribution in [0, 0.1) is 17.0 Å². The number of rotatable bonds is 4. The van der Waals surface area contributed by atoms with Crippen LogP contribution >= 0.6 is 0 Å². The number of aromatic nitrogens is 1. The van der Waals surface area contributed by atoms with E-state index in [1.807, 2.05) is 0 Å². The molecule has 0 radical (unpaired) electrons. The summed E-state index contributed by atoms with van der Waals surface area (Å²) >= 11 is 0. The average Bonchev–Trinajstić information content (AvgIpc) is 2.24. The first-order valence-electron chi connectivity index (χ1n) is 4.82. The Hall–Kier alpha value is -1.90. The van der Waals surface area contributed by atoms with Crippen LogP contribution in [0.15, 0.2) is 12.1 Å². The molecule has 100 valence electrons. The summed E-state index contributed by atoms with van der Waals surface area (Å²) in [5, 5.41) is 21.5. The summed E-state index contributed by atoms with van der Waals surface area (Å²) in [5.74, 6) is -0.303. The van der Waals surface area contributed by atoms with E-state index in [4.69, 9.17) is 5.11 Å². The maximum atomic E-state index is 12.0. The molecule has 1 unspecified atom stereocenters. The lowest BCUT2D eigenvalue weighted by molar-refractivity contribution is -0.384. The minimum atomic E-state index is -4.79. The monoisotopic (exact) mass is 265 g/mol. The number of aryl methyl sites for hydroxylation is 1. The Morgan fingerprint density at radius 1 is 1.56 bits per heavy atom. The highest BCUT2D eigenvalue weighted by Crippen LogP contribution is 2.24. The third-order valence-corrected chi connectivity index (χ3v) is 2.05. The van der Waals surface area contributed by atoms with Gasteiger partial charge in [-0.3, -0.25) is 10.1 Å². The quantitative estimate of drug-likeness (QED) is 0.638. The molecule has 1 atom stereocenters. The number of hydrogen-bond acceptors (Lipinski definition) is 5. The van der Waals surface area contributed by atoms with Gasteiger partial charge in [0.2, 0.25) is 5.82 Å². The van der Waals surface area contributed by atoms with Gasteiger partial charge in [-0.25, -0.2) is 4.98 Å². The lowest BCUT2D eigenvalue weighted by Crippen LogP contribution is -2.35. The second kappa shape index (κ2) is 5.17. The van der Waals surface area contributed by atoms with Crippen molar-refractivity contribution < 1.29 is 23.2 Å². The summed E-state index contributed by atoms with van der Waals surface area (Å²) in [6.07, 6.45) is -7.40. The second-order valence-corrected chi connectivity index (χ2v) is 3.52. The van der Waals surface area contributed by atoms with Crippen LogP contribution in [-0.4, -0.2) is 33.8 Å². The van der Waals surface area contributed by atoms with E-state index in [2.05, 4.69) is 10.3 Å². The number of hydrogen-bond donors (Lipinski definition) is 2. The summed E-state index contributed by atoms with van der Waals surface area (Å²) in [6.45, 7) is 0.635. The van der Waals surface area contributed by atoms with E-state index in [-0.39, 0.29) is 5.82 Å². The molecule has 0 aliphatic heterocycles. The predicted octanol–water partition coefficient (Wildman–Crippen LogP) is 1.63. The van der Waals surface area contributed by atoms with Crippen molar-refractivity contribution in [2.75, 3.05) is 11.9 Å². The zero-order valence-electron chi connectivity index (χ0n) is 9.23. The number of aliphatic hydroxyl groups excluding tert-OH is 1. The third-order valence-electron chi connectivity index (χ3n) is 2.05. The van der Waals surface area contributed by atoms with Crippen LogP contribution < -0.4 is 5.32 Å². The van der Waals surface area contributed by atoms with E-state index in [0.717, 1.165) is 6.07 Å². The largest absolute Gasteiger partial charge is 0.416 e. The lowest BCUT2D eigenvalue weighted by atomic mass is 10.3. The van der Waals surface area contributed by atoms with Crippen LogP contribution in [0.25, 0.3) is 0 Å². The SMILES string of the molecule is Cc1ccc([N+](=O)[O-])c(NCC(O)C(F)(F)F)n1. The van der Waals surface area contributed by atoms with Crippen LogP contribution in [0.4, 0.5) is 24.7 Å². The van der Waals surface area contributed by atoms with E-state index in [1.165, 1.54) is 13.0 Å². The first-order chi connectivity index (χ1) is 8.21. The molecule has 1 rings (SSSR count). The number of nitrogens with one attached hydrogen (secondary N) is 1. The zero-order valence-corrected chi connectivity index (χ0v) is 9.23. The normalized spacial score (nSPS) is 13.2. The first-order valence-corrected chi connectivity index (χ1v) is 4.82. The second-order valence-electron chi connectivity index (χ2n) is 3.52. The van der Waals surface area contributed by atoms with Crippen molar-refractivity contribution in [1.29, 1.82) is 0 Å². The molecule has 1 aromatic rings. The van der Waals surface area contributed by atoms with Gasteiger partial charge in [-0.1, -0.05) is 0 Å². The third kappa shape index (κ3) is 3.55. The van der Waals surface area contributed by atoms with E-state index in [0.29, 0.717) is 5.69 Å². The van der Waals surface area contributed by atoms with E-state index >= 15 is 0 Å². The van der Waals surface area contributed by atoms with Gasteiger partial charge in [0.05, 0.1) is 11.5 Å². The fourth-order valence-corrected chi connectivity index (χ4v) is 1.14. The molecule has 0 aliphatic carbocycles. The number of halogens is 3. The van der Waals surface area contributed by atoms with Crippen molar-refractivity contribution in [1.82, 2.24) is 4.98 Å². The topological polar surface area (TPSA) is 88.3 Å². The number of alkyl halides is 3. The molecule has 6 nitrogen and oxygen atoms in total. The highest BCUT2D eigenvalue weighted by molar-refractivity contribution is 5.56. The van der Waals surface area contributed by atoms with Crippen LogP contribution in [-0.2, 0) is 0 Å². The fourth-order valence-electron chi connectivity index (χ4n) is 1.14. The number of aliphatic hydroxyl groups is 1. The highest BCUT2D eigenvalue weighted by atomic mass is 19.4. The van der Waals surface area contributed by atoms with Crippen molar-refractivity contribution in [3.05, 3.63) is 27.9 Å². The molecule has 0 aliphatic rings. The number of pyridine rings is 1. The number of nitrogens with zero attached hydrogens (tertiary/aromatic N) is 2. The molecule has 0 saturated carbocycles. The minimum Gasteiger partial charge on any atom is -0.382 e. The van der Waals surface area contributed by atoms with Gasteiger partial charge in [0.15, 0.2) is 6.10 Å². The van der Waals surface area contributed by atoms with Gasteiger partial charge in [-0.05, 0) is 13.0 Å². The van der Waals surface area contributed by atoms with Gasteiger partial charge in [0.25, 0.3) is 0 Å². The van der Waals surface area contributed by atoms with Crippen molar-refractivity contribution in [2.45, 2.75) is 19.2 Å². The average molecular weight is 265 g/mol. The van der Waals surface area contributed by atoms with E-state index in [1.54, 1.807) is 0 Å². The van der Waals surface area contributed by atoms with Gasteiger partial charge in [-0.15, -0.1) is 0 Å². The molecule has 0 fully saturated rings. The molecule has 18 heavy (non-hydrogen) atoms. The molecular formula is C9H10F3N3O3. The lowest BCUT2D eigenvalue weighted by Gasteiger charge is -2.15. The Balaban J connectivity index is 2.84. The number of nitro groups is 1. The molecule has 0 amide bonds. The smallest absolute Gasteiger partial charge is 0.382 e. The molecular weight excluding hydrogens is 255 g/mol. The summed E-state index contributed by atoms with van der Waals surface area (Å²) < 4.78 is 36.1. The van der Waals surface area contributed by atoms with E-state index < -0.39 is 29.4 Å². The maximum absolute atomic E-state index is 12.0. The minimum absolute atomic E-state index is 0.303. The summed E-state index contributed by atoms with van der Waals surface area (Å²) in [6, 6.07) is 2.49. The Kier molecular flexibility index (Phi) is 4.07. The van der Waals surface area contributed by atoms with Crippen LogP contribution in [0.5, 0.6) is 0 Å². The summed E-state index contributed by atoms with van der Waals surface area (Å²) in [5.41, 5.74) is -0.0421. The molecule has 2 N–H and O–H groups in total. The first kappa shape index (κ1) is 14.2. The Morgan fingerprint density at radius 3 is 2.67 bits per heavy atom. The van der Waals surface area contributed by atoms with E-state index in [9.17, 15) is 23.3 Å². The Morgan fingerprint density at radius 2 is 2.17 bits per heavy atom. The Bertz CT molecular complexity index is 450. The van der Waals surface area contributed by atoms with Crippen LogP contribution in [0.2, 0.25) is 0 Å². The van der Waals surface area contributed by atoms with Gasteiger partial charge in [-0.2, -0.15) is 13.2 Å². The summed E-state index contributed by atoms with van der Waals surface area (Å²) in [4.78, 5) is 13.6. The molecule has 0 saturated heterocycles. The molecule has 0 aromatic carbocycles. The van der Waals surface area contributed by atoms with Crippen molar-refractivity contribution in [3.63, 3.8) is 0 Å². The van der Waals surface area contributed by atoms with Crippen LogP contribution in [0.3, 0.4) is 0 Å².